The van der Waals surface area contributed by atoms with Crippen molar-refractivity contribution >= 4 is 0 Å². The molecule has 7 aromatic rings. The van der Waals surface area contributed by atoms with Gasteiger partial charge in [0.05, 0.1) is 5.69 Å². The zero-order chi connectivity index (χ0) is 28.1. The van der Waals surface area contributed by atoms with Crippen molar-refractivity contribution < 1.29 is 0 Å². The van der Waals surface area contributed by atoms with Crippen molar-refractivity contribution in [2.45, 2.75) is 0 Å². The van der Waals surface area contributed by atoms with Crippen LogP contribution in [-0.4, -0.2) is 19.9 Å². The number of hydrogen-bond donors (Lipinski definition) is 0. The Labute approximate surface area is 245 Å². The monoisotopic (exact) mass is 538 g/mol. The van der Waals surface area contributed by atoms with Crippen molar-refractivity contribution in [3.63, 3.8) is 0 Å². The Morgan fingerprint density at radius 2 is 0.833 bits per heavy atom. The molecule has 0 aliphatic rings. The van der Waals surface area contributed by atoms with Gasteiger partial charge >= 0.3 is 0 Å². The van der Waals surface area contributed by atoms with E-state index in [-0.39, 0.29) is 0 Å². The summed E-state index contributed by atoms with van der Waals surface area (Å²) in [5, 5.41) is 0. The largest absolute Gasteiger partial charge is 0.244 e. The molecule has 0 aliphatic carbocycles. The van der Waals surface area contributed by atoms with Gasteiger partial charge in [0.25, 0.3) is 0 Å². The van der Waals surface area contributed by atoms with E-state index in [1.807, 2.05) is 30.7 Å². The lowest BCUT2D eigenvalue weighted by atomic mass is 9.95. The Bertz CT molecular complexity index is 1970. The highest BCUT2D eigenvalue weighted by Crippen LogP contribution is 2.36. The van der Waals surface area contributed by atoms with Crippen molar-refractivity contribution in [1.29, 1.82) is 0 Å². The molecular weight excluding hydrogens is 512 g/mol. The fourth-order valence-corrected chi connectivity index (χ4v) is 5.21. The van der Waals surface area contributed by atoms with Gasteiger partial charge in [0, 0.05) is 40.8 Å². The van der Waals surface area contributed by atoms with Crippen LogP contribution in [0.2, 0.25) is 0 Å². The van der Waals surface area contributed by atoms with Gasteiger partial charge in [0.2, 0.25) is 0 Å². The molecule has 0 N–H and O–H groups in total. The summed E-state index contributed by atoms with van der Waals surface area (Å²) in [5.74, 6) is 0.684. The number of aromatic nitrogens is 4. The normalized spacial score (nSPS) is 10.9. The predicted molar refractivity (Wildman–Crippen MR) is 170 cm³/mol. The van der Waals surface area contributed by atoms with Crippen molar-refractivity contribution in [3.8, 4) is 67.2 Å². The van der Waals surface area contributed by atoms with Crippen molar-refractivity contribution in [1.82, 2.24) is 19.9 Å². The van der Waals surface area contributed by atoms with Crippen LogP contribution in [0.1, 0.15) is 0 Å². The van der Waals surface area contributed by atoms with Crippen LogP contribution in [-0.2, 0) is 0 Å². The molecule has 0 aliphatic heterocycles. The lowest BCUT2D eigenvalue weighted by Gasteiger charge is -2.14. The van der Waals surface area contributed by atoms with Gasteiger partial charge in [-0.15, -0.1) is 0 Å². The molecule has 4 heteroatoms. The third-order valence-electron chi connectivity index (χ3n) is 7.33. The first-order valence-corrected chi connectivity index (χ1v) is 13.9. The first kappa shape index (κ1) is 25.2. The van der Waals surface area contributed by atoms with Gasteiger partial charge in [0.1, 0.15) is 6.33 Å². The minimum atomic E-state index is 0.684. The SMILES string of the molecule is c1ccc(-c2cccc(-c3ncc(-c4cccc(-c5cncnc5)c4)c(-c4cccc(-c5ccccc5)c4)n3)c2)cc1. The van der Waals surface area contributed by atoms with Gasteiger partial charge < -0.3 is 0 Å². The maximum absolute atomic E-state index is 5.23. The van der Waals surface area contributed by atoms with E-state index in [2.05, 4.69) is 131 Å². The highest BCUT2D eigenvalue weighted by molar-refractivity contribution is 5.85. The summed E-state index contributed by atoms with van der Waals surface area (Å²) in [7, 11) is 0. The quantitative estimate of drug-likeness (QED) is 0.212. The fourth-order valence-electron chi connectivity index (χ4n) is 5.21. The van der Waals surface area contributed by atoms with Crippen LogP contribution in [0.4, 0.5) is 0 Å². The molecule has 0 atom stereocenters. The topological polar surface area (TPSA) is 51.6 Å². The van der Waals surface area contributed by atoms with E-state index in [0.717, 1.165) is 61.3 Å². The Kier molecular flexibility index (Phi) is 6.85. The van der Waals surface area contributed by atoms with Gasteiger partial charge in [-0.25, -0.2) is 19.9 Å². The summed E-state index contributed by atoms with van der Waals surface area (Å²) >= 11 is 0. The van der Waals surface area contributed by atoms with Crippen LogP contribution in [0.3, 0.4) is 0 Å². The fraction of sp³-hybridized carbons (Fsp3) is 0. The molecule has 0 unspecified atom stereocenters. The van der Waals surface area contributed by atoms with Gasteiger partial charge in [-0.3, -0.25) is 0 Å². The summed E-state index contributed by atoms with van der Waals surface area (Å²) in [5.41, 5.74) is 11.5. The molecule has 0 spiro atoms. The number of rotatable bonds is 6. The van der Waals surface area contributed by atoms with Crippen molar-refractivity contribution in [2.24, 2.45) is 0 Å². The molecule has 2 heterocycles. The second-order valence-corrected chi connectivity index (χ2v) is 10.1. The molecule has 4 nitrogen and oxygen atoms in total. The molecule has 42 heavy (non-hydrogen) atoms. The van der Waals surface area contributed by atoms with Crippen molar-refractivity contribution in [3.05, 3.63) is 158 Å². The summed E-state index contributed by atoms with van der Waals surface area (Å²) in [6.45, 7) is 0. The van der Waals surface area contributed by atoms with Gasteiger partial charge in [0.15, 0.2) is 5.82 Å². The zero-order valence-electron chi connectivity index (χ0n) is 22.8. The summed E-state index contributed by atoms with van der Waals surface area (Å²) in [6, 6.07) is 46.2. The highest BCUT2D eigenvalue weighted by Gasteiger charge is 2.15. The third kappa shape index (κ3) is 5.21. The minimum Gasteiger partial charge on any atom is -0.244 e. The van der Waals surface area contributed by atoms with E-state index in [1.165, 1.54) is 0 Å². The second-order valence-electron chi connectivity index (χ2n) is 10.1. The Hall–Kier alpha value is -5.74. The van der Waals surface area contributed by atoms with E-state index in [0.29, 0.717) is 5.82 Å². The summed E-state index contributed by atoms with van der Waals surface area (Å²) in [4.78, 5) is 18.5. The Morgan fingerprint density at radius 1 is 0.357 bits per heavy atom. The van der Waals surface area contributed by atoms with Crippen LogP contribution in [0, 0.1) is 0 Å². The standard InChI is InChI=1S/C38H26N4/c1-3-10-27(11-4-1)29-14-8-18-33(21-29)37-36(32-17-7-16-31(20-32)35-23-39-26-40-24-35)25-41-38(42-37)34-19-9-15-30(22-34)28-12-5-2-6-13-28/h1-26H. The molecule has 5 aromatic carbocycles. The smallest absolute Gasteiger partial charge is 0.159 e. The minimum absolute atomic E-state index is 0.684. The second kappa shape index (κ2) is 11.4. The maximum Gasteiger partial charge on any atom is 0.159 e. The molecule has 0 amide bonds. The molecule has 2 aromatic heterocycles. The van der Waals surface area contributed by atoms with E-state index in [1.54, 1.807) is 6.33 Å². The van der Waals surface area contributed by atoms with Crippen molar-refractivity contribution in [2.75, 3.05) is 0 Å². The highest BCUT2D eigenvalue weighted by atomic mass is 14.9. The maximum atomic E-state index is 5.23. The Balaban J connectivity index is 1.38. The predicted octanol–water partition coefficient (Wildman–Crippen LogP) is 9.27. The lowest BCUT2D eigenvalue weighted by molar-refractivity contribution is 1.17. The molecule has 0 radical (unpaired) electrons. The number of benzene rings is 5. The molecule has 0 saturated carbocycles. The van der Waals surface area contributed by atoms with Gasteiger partial charge in [-0.2, -0.15) is 0 Å². The van der Waals surface area contributed by atoms with Crippen LogP contribution in [0.25, 0.3) is 67.2 Å². The van der Waals surface area contributed by atoms with Gasteiger partial charge in [-0.1, -0.05) is 115 Å². The zero-order valence-corrected chi connectivity index (χ0v) is 22.8. The molecule has 7 rings (SSSR count). The van der Waals surface area contributed by atoms with E-state index in [9.17, 15) is 0 Å². The van der Waals surface area contributed by atoms with Crippen LogP contribution < -0.4 is 0 Å². The van der Waals surface area contributed by atoms with E-state index >= 15 is 0 Å². The molecule has 0 bridgehead atoms. The summed E-state index contributed by atoms with van der Waals surface area (Å²) < 4.78 is 0. The van der Waals surface area contributed by atoms with Crippen LogP contribution >= 0.6 is 0 Å². The first-order chi connectivity index (χ1) is 20.8. The van der Waals surface area contributed by atoms with E-state index in [4.69, 9.17) is 9.97 Å². The third-order valence-corrected chi connectivity index (χ3v) is 7.33. The number of nitrogens with zero attached hydrogens (tertiary/aromatic N) is 4. The summed E-state index contributed by atoms with van der Waals surface area (Å²) in [6.07, 6.45) is 7.15. The first-order valence-electron chi connectivity index (χ1n) is 13.9. The average Bonchev–Trinajstić information content (AvgIpc) is 3.09. The molecule has 0 saturated heterocycles. The van der Waals surface area contributed by atoms with Gasteiger partial charge in [-0.05, 0) is 51.6 Å². The molecule has 198 valence electrons. The van der Waals surface area contributed by atoms with Crippen LogP contribution in [0.15, 0.2) is 158 Å². The number of hydrogen-bond acceptors (Lipinski definition) is 4. The lowest BCUT2D eigenvalue weighted by Crippen LogP contribution is -1.97. The molecular formula is C38H26N4. The van der Waals surface area contributed by atoms with Crippen LogP contribution in [0.5, 0.6) is 0 Å². The average molecular weight is 539 g/mol. The molecule has 0 fully saturated rings. The van der Waals surface area contributed by atoms with E-state index < -0.39 is 0 Å². The Morgan fingerprint density at radius 3 is 1.48 bits per heavy atom.